The maximum atomic E-state index is 13.5. The van der Waals surface area contributed by atoms with Gasteiger partial charge in [0.05, 0.1) is 5.56 Å². The van der Waals surface area contributed by atoms with Gasteiger partial charge in [0.25, 0.3) is 0 Å². The molecule has 0 aliphatic carbocycles. The Kier molecular flexibility index (Phi) is 5.00. The molecule has 1 aromatic carbocycles. The highest BCUT2D eigenvalue weighted by molar-refractivity contribution is 5.26. The average molecular weight is 246 g/mol. The van der Waals surface area contributed by atoms with Gasteiger partial charge >= 0.3 is 6.11 Å². The van der Waals surface area contributed by atoms with Gasteiger partial charge in [0, 0.05) is 7.11 Å². The maximum absolute atomic E-state index is 13.5. The fourth-order valence-electron chi connectivity index (χ4n) is 1.64. The van der Waals surface area contributed by atoms with Crippen LogP contribution >= 0.6 is 0 Å². The summed E-state index contributed by atoms with van der Waals surface area (Å²) >= 11 is 0. The molecule has 0 fully saturated rings. The van der Waals surface area contributed by atoms with Crippen molar-refractivity contribution in [3.05, 3.63) is 35.1 Å². The van der Waals surface area contributed by atoms with E-state index in [0.717, 1.165) is 44.1 Å². The molecule has 1 rings (SSSR count). The van der Waals surface area contributed by atoms with Crippen molar-refractivity contribution in [1.82, 2.24) is 0 Å². The maximum Gasteiger partial charge on any atom is 0.385 e. The third kappa shape index (κ3) is 3.73. The van der Waals surface area contributed by atoms with Gasteiger partial charge in [0.15, 0.2) is 0 Å². The smallest absolute Gasteiger partial charge is 0.320 e. The summed E-state index contributed by atoms with van der Waals surface area (Å²) in [6.07, 6.45) is 0.214. The fourth-order valence-corrected chi connectivity index (χ4v) is 1.64. The number of hydrogen-bond acceptors (Lipinski definition) is 1. The minimum absolute atomic E-state index is 0.709. The molecule has 1 aromatic rings. The molecular formula is C13H17F3O. The van der Waals surface area contributed by atoms with Crippen molar-refractivity contribution in [2.75, 3.05) is 7.11 Å². The zero-order valence-corrected chi connectivity index (χ0v) is 10.1. The molecule has 0 aliphatic rings. The number of aryl methyl sites for hydroxylation is 1. The Morgan fingerprint density at radius 2 is 1.94 bits per heavy atom. The van der Waals surface area contributed by atoms with E-state index >= 15 is 0 Å². The zero-order chi connectivity index (χ0) is 12.9. The fraction of sp³-hybridized carbons (Fsp3) is 0.538. The highest BCUT2D eigenvalue weighted by Gasteiger charge is 2.34. The predicted molar refractivity (Wildman–Crippen MR) is 60.5 cm³/mol. The van der Waals surface area contributed by atoms with E-state index in [1.54, 1.807) is 0 Å². The summed E-state index contributed by atoms with van der Waals surface area (Å²) in [4.78, 5) is 0. The number of halogens is 3. The normalized spacial score (nSPS) is 11.8. The number of methoxy groups -OCH3 is 1. The predicted octanol–water partition coefficient (Wildman–Crippen LogP) is 4.25. The third-order valence-corrected chi connectivity index (χ3v) is 2.67. The molecule has 0 atom stereocenters. The molecule has 17 heavy (non-hydrogen) atoms. The van der Waals surface area contributed by atoms with Gasteiger partial charge in [-0.1, -0.05) is 25.8 Å². The van der Waals surface area contributed by atoms with Crippen molar-refractivity contribution in [3.63, 3.8) is 0 Å². The summed E-state index contributed by atoms with van der Waals surface area (Å²) in [6.45, 7) is 2.07. The van der Waals surface area contributed by atoms with E-state index in [0.29, 0.717) is 6.42 Å². The first-order chi connectivity index (χ1) is 8.01. The van der Waals surface area contributed by atoms with Crippen LogP contribution in [0.15, 0.2) is 18.2 Å². The number of benzene rings is 1. The molecule has 0 aliphatic heterocycles. The Bertz CT molecular complexity index is 364. The second-order valence-electron chi connectivity index (χ2n) is 3.99. The summed E-state index contributed by atoms with van der Waals surface area (Å²) in [5.41, 5.74) is 0.0332. The van der Waals surface area contributed by atoms with E-state index in [1.165, 1.54) is 6.07 Å². The van der Waals surface area contributed by atoms with Gasteiger partial charge in [-0.3, -0.25) is 0 Å². The molecule has 1 nitrogen and oxygen atoms in total. The number of unbranched alkanes of at least 4 members (excludes halogenated alkanes) is 2. The van der Waals surface area contributed by atoms with Crippen LogP contribution in [-0.2, 0) is 17.3 Å². The molecule has 0 saturated heterocycles. The Labute approximate surface area is 99.6 Å². The largest absolute Gasteiger partial charge is 0.385 e. The highest BCUT2D eigenvalue weighted by atomic mass is 19.3. The molecule has 0 bridgehead atoms. The summed E-state index contributed by atoms with van der Waals surface area (Å²) in [5, 5.41) is 0. The average Bonchev–Trinajstić information content (AvgIpc) is 2.29. The van der Waals surface area contributed by atoms with Gasteiger partial charge < -0.3 is 4.74 Å². The molecule has 0 spiro atoms. The summed E-state index contributed by atoms with van der Waals surface area (Å²) in [6, 6.07) is 3.79. The first-order valence-corrected chi connectivity index (χ1v) is 5.73. The first kappa shape index (κ1) is 14.0. The van der Waals surface area contributed by atoms with Crippen LogP contribution in [0.3, 0.4) is 0 Å². The highest BCUT2D eigenvalue weighted by Crippen LogP contribution is 2.31. The van der Waals surface area contributed by atoms with Crippen molar-refractivity contribution in [2.45, 2.75) is 38.7 Å². The van der Waals surface area contributed by atoms with Gasteiger partial charge in [-0.15, -0.1) is 0 Å². The molecule has 0 heterocycles. The Balaban J connectivity index is 2.79. The molecule has 96 valence electrons. The summed E-state index contributed by atoms with van der Waals surface area (Å²) in [7, 11) is 0.856. The van der Waals surface area contributed by atoms with Crippen molar-refractivity contribution >= 4 is 0 Å². The Hall–Kier alpha value is -1.03. The second-order valence-corrected chi connectivity index (χ2v) is 3.99. The number of hydrogen-bond donors (Lipinski definition) is 0. The minimum Gasteiger partial charge on any atom is -0.320 e. The lowest BCUT2D eigenvalue weighted by atomic mass is 10.0. The van der Waals surface area contributed by atoms with Crippen molar-refractivity contribution in [3.8, 4) is 0 Å². The lowest BCUT2D eigenvalue weighted by Crippen LogP contribution is -2.17. The van der Waals surface area contributed by atoms with Crippen molar-refractivity contribution in [1.29, 1.82) is 0 Å². The van der Waals surface area contributed by atoms with Crippen LogP contribution < -0.4 is 0 Å². The molecule has 0 saturated carbocycles. The number of rotatable bonds is 6. The van der Waals surface area contributed by atoms with Gasteiger partial charge in [0.2, 0.25) is 0 Å². The third-order valence-electron chi connectivity index (χ3n) is 2.67. The SMILES string of the molecule is CCCCCc1ccc(C(F)(F)OC)c(F)c1. The minimum atomic E-state index is -3.56. The Morgan fingerprint density at radius 3 is 2.47 bits per heavy atom. The summed E-state index contributed by atoms with van der Waals surface area (Å²) in [5.74, 6) is -0.911. The van der Waals surface area contributed by atoms with Crippen molar-refractivity contribution < 1.29 is 17.9 Å². The van der Waals surface area contributed by atoms with Gasteiger partial charge in [0.1, 0.15) is 5.82 Å². The van der Waals surface area contributed by atoms with Crippen molar-refractivity contribution in [2.24, 2.45) is 0 Å². The lowest BCUT2D eigenvalue weighted by molar-refractivity contribution is -0.233. The molecule has 0 amide bonds. The molecular weight excluding hydrogens is 229 g/mol. The van der Waals surface area contributed by atoms with Gasteiger partial charge in [-0.05, 0) is 30.5 Å². The quantitative estimate of drug-likeness (QED) is 0.682. The molecule has 4 heteroatoms. The summed E-state index contributed by atoms with van der Waals surface area (Å²) < 4.78 is 43.7. The lowest BCUT2D eigenvalue weighted by Gasteiger charge is -2.15. The molecule has 0 aromatic heterocycles. The zero-order valence-electron chi connectivity index (χ0n) is 10.1. The standard InChI is InChI=1S/C13H17F3O/c1-3-4-5-6-10-7-8-11(12(14)9-10)13(15,16)17-2/h7-9H,3-6H2,1-2H3. The van der Waals surface area contributed by atoms with Gasteiger partial charge in [-0.2, -0.15) is 8.78 Å². The van der Waals surface area contributed by atoms with E-state index in [1.807, 2.05) is 0 Å². The Morgan fingerprint density at radius 1 is 1.24 bits per heavy atom. The second kappa shape index (κ2) is 6.05. The van der Waals surface area contributed by atoms with Crippen LogP contribution in [-0.4, -0.2) is 7.11 Å². The monoisotopic (exact) mass is 246 g/mol. The van der Waals surface area contributed by atoms with Crippen LogP contribution in [0.2, 0.25) is 0 Å². The number of alkyl halides is 2. The topological polar surface area (TPSA) is 9.23 Å². The number of ether oxygens (including phenoxy) is 1. The van der Waals surface area contributed by atoms with Gasteiger partial charge in [-0.25, -0.2) is 4.39 Å². The molecule has 0 N–H and O–H groups in total. The van der Waals surface area contributed by atoms with E-state index < -0.39 is 17.5 Å². The first-order valence-electron chi connectivity index (χ1n) is 5.73. The van der Waals surface area contributed by atoms with E-state index in [-0.39, 0.29) is 0 Å². The van der Waals surface area contributed by atoms with Crippen LogP contribution in [0.25, 0.3) is 0 Å². The van der Waals surface area contributed by atoms with Crippen LogP contribution in [0, 0.1) is 5.82 Å². The molecule has 0 radical (unpaired) electrons. The van der Waals surface area contributed by atoms with Crippen LogP contribution in [0.1, 0.15) is 37.3 Å². The van der Waals surface area contributed by atoms with E-state index in [2.05, 4.69) is 11.7 Å². The molecule has 0 unspecified atom stereocenters. The van der Waals surface area contributed by atoms with Crippen LogP contribution in [0.4, 0.5) is 13.2 Å². The van der Waals surface area contributed by atoms with E-state index in [4.69, 9.17) is 0 Å². The van der Waals surface area contributed by atoms with E-state index in [9.17, 15) is 13.2 Å². The van der Waals surface area contributed by atoms with Crippen LogP contribution in [0.5, 0.6) is 0 Å².